The van der Waals surface area contributed by atoms with Crippen molar-refractivity contribution in [1.82, 2.24) is 10.3 Å². The van der Waals surface area contributed by atoms with Crippen LogP contribution in [0.3, 0.4) is 0 Å². The van der Waals surface area contributed by atoms with Crippen LogP contribution in [0.5, 0.6) is 0 Å². The van der Waals surface area contributed by atoms with Crippen LogP contribution in [-0.2, 0) is 0 Å². The number of allylic oxidation sites excluding steroid dienone is 1. The van der Waals surface area contributed by atoms with Gasteiger partial charge in [0.05, 0.1) is 22.8 Å². The molecule has 0 bridgehead atoms. The number of aromatic nitrogens is 1. The second-order valence-corrected chi connectivity index (χ2v) is 8.80. The average Bonchev–Trinajstić information content (AvgIpc) is 2.98. The molecule has 4 aromatic carbocycles. The van der Waals surface area contributed by atoms with Crippen LogP contribution in [0.25, 0.3) is 28.1 Å². The minimum Gasteiger partial charge on any atom is -0.338 e. The van der Waals surface area contributed by atoms with E-state index in [0.717, 1.165) is 50.6 Å². The fraction of sp³-hybridized carbons (Fsp3) is 0. The fourth-order valence-corrected chi connectivity index (χ4v) is 4.43. The molecule has 1 aliphatic rings. The van der Waals surface area contributed by atoms with Gasteiger partial charge in [-0.05, 0) is 41.0 Å². The molecule has 0 fully saturated rings. The number of para-hydroxylation sites is 1. The van der Waals surface area contributed by atoms with E-state index in [1.54, 1.807) is 0 Å². The zero-order valence-electron chi connectivity index (χ0n) is 20.1. The quantitative estimate of drug-likeness (QED) is 0.258. The Morgan fingerprint density at radius 1 is 0.622 bits per heavy atom. The molecule has 0 aliphatic carbocycles. The van der Waals surface area contributed by atoms with Crippen LogP contribution in [0, 0.1) is 5.41 Å². The molecule has 2 N–H and O–H groups in total. The Kier molecular flexibility index (Phi) is 5.97. The minimum atomic E-state index is 0.426. The number of benzene rings is 4. The molecule has 0 radical (unpaired) electrons. The van der Waals surface area contributed by atoms with E-state index >= 15 is 0 Å². The Labute approximate surface area is 216 Å². The molecule has 6 rings (SSSR count). The lowest BCUT2D eigenvalue weighted by molar-refractivity contribution is 1.17. The summed E-state index contributed by atoms with van der Waals surface area (Å²) < 4.78 is 0. The van der Waals surface area contributed by atoms with E-state index in [2.05, 4.69) is 41.7 Å². The molecule has 0 amide bonds. The summed E-state index contributed by atoms with van der Waals surface area (Å²) in [5.41, 5.74) is 8.74. The number of amidine groups is 1. The number of nitrogens with one attached hydrogen (secondary N) is 2. The van der Waals surface area contributed by atoms with Gasteiger partial charge in [-0.15, -0.1) is 0 Å². The highest BCUT2D eigenvalue weighted by molar-refractivity contribution is 6.14. The zero-order chi connectivity index (χ0) is 25.0. The number of fused-ring (bicyclic) bond motifs is 1. The zero-order valence-corrected chi connectivity index (χ0v) is 20.1. The molecule has 0 saturated carbocycles. The van der Waals surface area contributed by atoms with Gasteiger partial charge in [0.25, 0.3) is 0 Å². The van der Waals surface area contributed by atoms with Crippen LogP contribution < -0.4 is 5.32 Å². The first-order valence-electron chi connectivity index (χ1n) is 12.2. The maximum Gasteiger partial charge on any atom is 0.157 e. The van der Waals surface area contributed by atoms with E-state index in [-0.39, 0.29) is 0 Å². The summed E-state index contributed by atoms with van der Waals surface area (Å²) in [7, 11) is 0. The number of pyridine rings is 1. The topological polar surface area (TPSA) is 61.1 Å². The van der Waals surface area contributed by atoms with Crippen LogP contribution >= 0.6 is 0 Å². The highest BCUT2D eigenvalue weighted by Gasteiger charge is 2.20. The second kappa shape index (κ2) is 9.88. The van der Waals surface area contributed by atoms with Crippen molar-refractivity contribution < 1.29 is 0 Å². The van der Waals surface area contributed by atoms with E-state index in [0.29, 0.717) is 11.5 Å². The molecule has 176 valence electrons. The van der Waals surface area contributed by atoms with Crippen LogP contribution in [0.4, 0.5) is 5.69 Å². The molecular weight excluding hydrogens is 452 g/mol. The van der Waals surface area contributed by atoms with Gasteiger partial charge in [-0.2, -0.15) is 0 Å². The maximum atomic E-state index is 8.70. The van der Waals surface area contributed by atoms with Gasteiger partial charge in [-0.1, -0.05) is 109 Å². The third kappa shape index (κ3) is 4.73. The fourth-order valence-electron chi connectivity index (χ4n) is 4.43. The Morgan fingerprint density at radius 2 is 1.22 bits per heavy atom. The summed E-state index contributed by atoms with van der Waals surface area (Å²) in [4.78, 5) is 9.97. The summed E-state index contributed by atoms with van der Waals surface area (Å²) in [6.07, 6.45) is 1.86. The smallest absolute Gasteiger partial charge is 0.157 e. The van der Waals surface area contributed by atoms with Crippen molar-refractivity contribution in [2.45, 2.75) is 0 Å². The van der Waals surface area contributed by atoms with Crippen molar-refractivity contribution in [2.24, 2.45) is 4.99 Å². The van der Waals surface area contributed by atoms with Crippen molar-refractivity contribution >= 4 is 22.9 Å². The first kappa shape index (κ1) is 22.4. The highest BCUT2D eigenvalue weighted by Crippen LogP contribution is 2.32. The third-order valence-corrected chi connectivity index (χ3v) is 6.30. The lowest BCUT2D eigenvalue weighted by atomic mass is 10.0. The molecule has 4 heteroatoms. The van der Waals surface area contributed by atoms with Crippen molar-refractivity contribution in [3.63, 3.8) is 0 Å². The molecule has 1 aromatic heterocycles. The lowest BCUT2D eigenvalue weighted by Crippen LogP contribution is -2.27. The molecule has 0 unspecified atom stereocenters. The van der Waals surface area contributed by atoms with Crippen molar-refractivity contribution in [3.8, 4) is 22.4 Å². The van der Waals surface area contributed by atoms with E-state index < -0.39 is 0 Å². The van der Waals surface area contributed by atoms with Gasteiger partial charge in [-0.3, -0.25) is 0 Å². The minimum absolute atomic E-state index is 0.426. The van der Waals surface area contributed by atoms with Crippen molar-refractivity contribution in [2.75, 3.05) is 0 Å². The molecule has 1 aliphatic heterocycles. The van der Waals surface area contributed by atoms with Crippen molar-refractivity contribution in [3.05, 3.63) is 150 Å². The Balaban J connectivity index is 1.48. The maximum absolute atomic E-state index is 8.70. The van der Waals surface area contributed by atoms with Crippen LogP contribution in [0.1, 0.15) is 16.8 Å². The molecular formula is C33H24N4. The van der Waals surface area contributed by atoms with Gasteiger partial charge in [0.1, 0.15) is 5.69 Å². The normalized spacial score (nSPS) is 13.4. The number of rotatable bonds is 5. The van der Waals surface area contributed by atoms with Gasteiger partial charge in [0.15, 0.2) is 5.84 Å². The summed E-state index contributed by atoms with van der Waals surface area (Å²) in [5, 5.41) is 12.2. The predicted molar refractivity (Wildman–Crippen MR) is 152 cm³/mol. The predicted octanol–water partition coefficient (Wildman–Crippen LogP) is 7.51. The molecule has 0 atom stereocenters. The average molecular weight is 477 g/mol. The first-order valence-corrected chi connectivity index (χ1v) is 12.2. The summed E-state index contributed by atoms with van der Waals surface area (Å²) in [6.45, 7) is 0. The molecule has 2 heterocycles. The van der Waals surface area contributed by atoms with E-state index in [4.69, 9.17) is 15.4 Å². The summed E-state index contributed by atoms with van der Waals surface area (Å²) in [6, 6.07) is 42.4. The van der Waals surface area contributed by atoms with E-state index in [1.807, 2.05) is 97.1 Å². The van der Waals surface area contributed by atoms with Crippen molar-refractivity contribution in [1.29, 1.82) is 5.41 Å². The molecule has 5 aromatic rings. The summed E-state index contributed by atoms with van der Waals surface area (Å²) in [5.74, 6) is 0.653. The molecule has 37 heavy (non-hydrogen) atoms. The highest BCUT2D eigenvalue weighted by atomic mass is 15.1. The molecule has 0 spiro atoms. The van der Waals surface area contributed by atoms with Gasteiger partial charge in [-0.25, -0.2) is 9.98 Å². The van der Waals surface area contributed by atoms with Crippen LogP contribution in [0.2, 0.25) is 0 Å². The van der Waals surface area contributed by atoms with Gasteiger partial charge < -0.3 is 10.7 Å². The number of hydrogen-bond acceptors (Lipinski definition) is 4. The Morgan fingerprint density at radius 3 is 1.95 bits per heavy atom. The molecule has 4 nitrogen and oxygen atoms in total. The lowest BCUT2D eigenvalue weighted by Gasteiger charge is -2.21. The SMILES string of the molecule is N=C(/C=C1\NC(c2cc(-c3ccccc3)cc(-c3ccccc3)n2)=Nc2ccccc21)c1ccccc1. The van der Waals surface area contributed by atoms with Crippen LogP contribution in [0.15, 0.2) is 138 Å². The third-order valence-electron chi connectivity index (χ3n) is 6.30. The number of hydrogen-bond donors (Lipinski definition) is 2. The summed E-state index contributed by atoms with van der Waals surface area (Å²) >= 11 is 0. The Bertz CT molecular complexity index is 1580. The second-order valence-electron chi connectivity index (χ2n) is 8.80. The standard InChI is InChI=1S/C33H24N4/c34-28(24-14-6-2-7-15-24)22-31-27-18-10-11-19-29(27)36-33(37-31)32-21-26(23-12-4-1-5-13-23)20-30(35-32)25-16-8-3-9-17-25/h1-22,34H,(H,36,37)/b31-22-,34-28?. The molecule has 0 saturated heterocycles. The van der Waals surface area contributed by atoms with Gasteiger partial charge in [0, 0.05) is 11.1 Å². The number of aliphatic imine (C=N–C) groups is 1. The van der Waals surface area contributed by atoms with Gasteiger partial charge >= 0.3 is 0 Å². The van der Waals surface area contributed by atoms with E-state index in [1.165, 1.54) is 0 Å². The first-order chi connectivity index (χ1) is 18.2. The van der Waals surface area contributed by atoms with E-state index in [9.17, 15) is 0 Å². The monoisotopic (exact) mass is 476 g/mol. The van der Waals surface area contributed by atoms with Gasteiger partial charge in [0.2, 0.25) is 0 Å². The van der Waals surface area contributed by atoms with Crippen LogP contribution in [-0.4, -0.2) is 16.5 Å². The Hall–Kier alpha value is -5.09. The number of nitrogens with zero attached hydrogens (tertiary/aromatic N) is 2. The largest absolute Gasteiger partial charge is 0.338 e.